The minimum absolute atomic E-state index is 0.131. The number of piperidine rings is 1. The monoisotopic (exact) mass is 425 g/mol. The molecule has 5 rings (SSSR count). The van der Waals surface area contributed by atoms with Gasteiger partial charge >= 0.3 is 5.97 Å². The number of carboxylic acid groups (broad SMARTS) is 1. The first kappa shape index (κ1) is 19.4. The molecule has 0 spiro atoms. The molecule has 0 unspecified atom stereocenters. The average Bonchev–Trinajstić information content (AvgIpc) is 3.50. The first-order valence-electron chi connectivity index (χ1n) is 10.5. The first-order valence-corrected chi connectivity index (χ1v) is 10.9. The van der Waals surface area contributed by atoms with E-state index in [1.165, 1.54) is 6.20 Å². The summed E-state index contributed by atoms with van der Waals surface area (Å²) < 4.78 is 0. The topological polar surface area (TPSA) is 82.5 Å². The second-order valence-corrected chi connectivity index (χ2v) is 9.17. The Hall–Kier alpha value is -2.60. The van der Waals surface area contributed by atoms with E-state index in [1.807, 2.05) is 24.3 Å². The smallest absolute Gasteiger partial charge is 0.337 e. The Labute approximate surface area is 180 Å². The van der Waals surface area contributed by atoms with Gasteiger partial charge in [0, 0.05) is 29.3 Å². The molecule has 3 heterocycles. The van der Waals surface area contributed by atoms with Crippen LogP contribution in [0, 0.1) is 0 Å². The van der Waals surface area contributed by atoms with Crippen LogP contribution in [0.2, 0.25) is 5.02 Å². The van der Waals surface area contributed by atoms with Crippen LogP contribution < -0.4 is 10.2 Å². The van der Waals surface area contributed by atoms with Crippen LogP contribution in [0.25, 0.3) is 0 Å². The normalized spacial score (nSPS) is 26.3. The summed E-state index contributed by atoms with van der Waals surface area (Å²) in [5, 5.41) is 13.1. The minimum Gasteiger partial charge on any atom is -0.478 e. The lowest BCUT2D eigenvalue weighted by Gasteiger charge is -2.40. The molecule has 2 N–H and O–H groups in total. The quantitative estimate of drug-likeness (QED) is 0.761. The van der Waals surface area contributed by atoms with E-state index in [0.717, 1.165) is 49.9 Å². The minimum atomic E-state index is -0.965. The molecule has 156 valence electrons. The highest BCUT2D eigenvalue weighted by molar-refractivity contribution is 6.30. The van der Waals surface area contributed by atoms with Gasteiger partial charge in [0.05, 0.1) is 11.0 Å². The molecule has 2 saturated heterocycles. The van der Waals surface area contributed by atoms with Gasteiger partial charge in [0.25, 0.3) is 0 Å². The highest BCUT2D eigenvalue weighted by Gasteiger charge is 2.52. The van der Waals surface area contributed by atoms with Crippen molar-refractivity contribution in [3.05, 3.63) is 58.7 Å². The maximum atomic E-state index is 13.1. The van der Waals surface area contributed by atoms with E-state index in [2.05, 4.69) is 15.2 Å². The average molecular weight is 426 g/mol. The number of fused-ring (bicyclic) bond motifs is 2. The van der Waals surface area contributed by atoms with E-state index in [9.17, 15) is 9.59 Å². The maximum absolute atomic E-state index is 13.1. The van der Waals surface area contributed by atoms with Crippen LogP contribution >= 0.6 is 11.6 Å². The Bertz CT molecular complexity index is 958. The van der Waals surface area contributed by atoms with E-state index in [-0.39, 0.29) is 17.5 Å². The number of pyridine rings is 1. The summed E-state index contributed by atoms with van der Waals surface area (Å²) >= 11 is 6.01. The fourth-order valence-corrected chi connectivity index (χ4v) is 5.32. The number of carboxylic acids is 1. The van der Waals surface area contributed by atoms with Crippen molar-refractivity contribution in [3.63, 3.8) is 0 Å². The molecule has 2 bridgehead atoms. The number of rotatable bonds is 5. The Kier molecular flexibility index (Phi) is 4.69. The highest BCUT2D eigenvalue weighted by Crippen LogP contribution is 2.49. The third-order valence-electron chi connectivity index (χ3n) is 6.91. The van der Waals surface area contributed by atoms with Gasteiger partial charge < -0.3 is 15.3 Å². The Balaban J connectivity index is 1.26. The molecule has 1 aromatic heterocycles. The summed E-state index contributed by atoms with van der Waals surface area (Å²) in [4.78, 5) is 30.9. The van der Waals surface area contributed by atoms with Crippen molar-refractivity contribution in [1.29, 1.82) is 0 Å². The molecule has 30 heavy (non-hydrogen) atoms. The number of benzene rings is 1. The van der Waals surface area contributed by atoms with E-state index < -0.39 is 11.4 Å². The van der Waals surface area contributed by atoms with Gasteiger partial charge in [-0.3, -0.25) is 4.79 Å². The molecule has 2 aromatic rings. The van der Waals surface area contributed by atoms with Crippen molar-refractivity contribution in [2.75, 3.05) is 4.90 Å². The lowest BCUT2D eigenvalue weighted by atomic mass is 9.92. The van der Waals surface area contributed by atoms with Crippen LogP contribution in [0.1, 0.15) is 54.4 Å². The fraction of sp³-hybridized carbons (Fsp3) is 0.435. The van der Waals surface area contributed by atoms with Crippen molar-refractivity contribution in [1.82, 2.24) is 10.3 Å². The van der Waals surface area contributed by atoms with Gasteiger partial charge in [-0.15, -0.1) is 0 Å². The molecule has 1 amide bonds. The SMILES string of the molecule is O=C(O)c1ccc(N2[C@@H]3CC[C@H]2C[C@@H](NC(=O)C2(c4ccc(Cl)cc4)CC2)C3)nc1. The second kappa shape index (κ2) is 7.27. The molecule has 2 aliphatic heterocycles. The summed E-state index contributed by atoms with van der Waals surface area (Å²) in [7, 11) is 0. The van der Waals surface area contributed by atoms with Crippen molar-refractivity contribution < 1.29 is 14.7 Å². The van der Waals surface area contributed by atoms with Gasteiger partial charge in [0.1, 0.15) is 5.82 Å². The predicted molar refractivity (Wildman–Crippen MR) is 114 cm³/mol. The van der Waals surface area contributed by atoms with Crippen LogP contribution in [0.5, 0.6) is 0 Å². The van der Waals surface area contributed by atoms with Crippen LogP contribution in [0.15, 0.2) is 42.6 Å². The second-order valence-electron chi connectivity index (χ2n) is 8.73. The molecule has 3 aliphatic rings. The van der Waals surface area contributed by atoms with Crippen molar-refractivity contribution in [2.45, 2.75) is 62.1 Å². The fourth-order valence-electron chi connectivity index (χ4n) is 5.20. The summed E-state index contributed by atoms with van der Waals surface area (Å²) in [5.74, 6) is -0.00292. The number of nitrogens with zero attached hydrogens (tertiary/aromatic N) is 2. The summed E-state index contributed by atoms with van der Waals surface area (Å²) in [6.07, 6.45) is 7.11. The molecule has 7 heteroatoms. The summed E-state index contributed by atoms with van der Waals surface area (Å²) in [6.45, 7) is 0. The van der Waals surface area contributed by atoms with E-state index in [1.54, 1.807) is 12.1 Å². The zero-order chi connectivity index (χ0) is 20.9. The van der Waals surface area contributed by atoms with Gasteiger partial charge in [-0.25, -0.2) is 9.78 Å². The number of carbonyl (C=O) groups excluding carboxylic acids is 1. The third-order valence-corrected chi connectivity index (χ3v) is 7.16. The van der Waals surface area contributed by atoms with Crippen molar-refractivity contribution >= 4 is 29.3 Å². The van der Waals surface area contributed by atoms with Gasteiger partial charge in [-0.1, -0.05) is 23.7 Å². The molecule has 1 aromatic carbocycles. The van der Waals surface area contributed by atoms with Crippen LogP contribution in [0.3, 0.4) is 0 Å². The predicted octanol–water partition coefficient (Wildman–Crippen LogP) is 3.78. The number of aromatic carboxylic acids is 1. The Morgan fingerprint density at radius 2 is 1.73 bits per heavy atom. The van der Waals surface area contributed by atoms with Gasteiger partial charge in [-0.2, -0.15) is 0 Å². The number of aromatic nitrogens is 1. The molecule has 0 radical (unpaired) electrons. The molecule has 1 aliphatic carbocycles. The van der Waals surface area contributed by atoms with Crippen molar-refractivity contribution in [3.8, 4) is 0 Å². The first-order chi connectivity index (χ1) is 14.5. The molecule has 1 saturated carbocycles. The molecule has 3 atom stereocenters. The summed E-state index contributed by atoms with van der Waals surface area (Å²) in [5.41, 5.74) is 0.854. The van der Waals surface area contributed by atoms with Gasteiger partial charge in [0.2, 0.25) is 5.91 Å². The number of nitrogens with one attached hydrogen (secondary N) is 1. The number of amides is 1. The van der Waals surface area contributed by atoms with Gasteiger partial charge in [-0.05, 0) is 68.4 Å². The van der Waals surface area contributed by atoms with Crippen LogP contribution in [0.4, 0.5) is 5.82 Å². The summed E-state index contributed by atoms with van der Waals surface area (Å²) in [6, 6.07) is 11.9. The van der Waals surface area contributed by atoms with Crippen LogP contribution in [-0.4, -0.2) is 40.1 Å². The lowest BCUT2D eigenvalue weighted by Crippen LogP contribution is -2.52. The largest absolute Gasteiger partial charge is 0.478 e. The number of carbonyl (C=O) groups is 2. The number of halogens is 1. The number of hydrogen-bond acceptors (Lipinski definition) is 4. The standard InChI is InChI=1S/C23H24ClN3O3/c24-16-4-2-15(3-5-16)23(9-10-23)22(30)26-17-11-18-6-7-19(12-17)27(18)20-8-1-14(13-25-20)21(28)29/h1-5,8,13,17-19H,6-7,9-12H2,(H,26,30)(H,28,29)/t17-,18+,19-. The Morgan fingerprint density at radius 1 is 1.07 bits per heavy atom. The molecule has 3 fully saturated rings. The van der Waals surface area contributed by atoms with E-state index in [0.29, 0.717) is 17.1 Å². The van der Waals surface area contributed by atoms with Gasteiger partial charge in [0.15, 0.2) is 0 Å². The molecular formula is C23H24ClN3O3. The number of anilines is 1. The molecule has 6 nitrogen and oxygen atoms in total. The van der Waals surface area contributed by atoms with E-state index >= 15 is 0 Å². The zero-order valence-corrected chi connectivity index (χ0v) is 17.3. The van der Waals surface area contributed by atoms with Crippen molar-refractivity contribution in [2.24, 2.45) is 0 Å². The molecular weight excluding hydrogens is 402 g/mol. The maximum Gasteiger partial charge on any atom is 0.337 e. The highest BCUT2D eigenvalue weighted by atomic mass is 35.5. The van der Waals surface area contributed by atoms with E-state index in [4.69, 9.17) is 16.7 Å². The Morgan fingerprint density at radius 3 is 2.27 bits per heavy atom. The lowest BCUT2D eigenvalue weighted by molar-refractivity contribution is -0.124. The number of hydrogen-bond donors (Lipinski definition) is 2. The van der Waals surface area contributed by atoms with Crippen LogP contribution in [-0.2, 0) is 10.2 Å². The third kappa shape index (κ3) is 3.33. The zero-order valence-electron chi connectivity index (χ0n) is 16.6.